The van der Waals surface area contributed by atoms with Crippen LogP contribution in [0.3, 0.4) is 0 Å². The molecular weight excluding hydrogens is 515 g/mol. The molecule has 0 aliphatic heterocycles. The summed E-state index contributed by atoms with van der Waals surface area (Å²) in [5.74, 6) is 1.41. The zero-order chi connectivity index (χ0) is 21.1. The summed E-state index contributed by atoms with van der Waals surface area (Å²) in [4.78, 5) is 6.44. The smallest absolute Gasteiger partial charge is 0.213 e. The molecule has 0 heterocycles. The molecule has 2 aromatic carbocycles. The molecule has 9 heteroatoms. The van der Waals surface area contributed by atoms with Crippen molar-refractivity contribution in [2.75, 3.05) is 33.0 Å². The van der Waals surface area contributed by atoms with Crippen molar-refractivity contribution in [1.29, 1.82) is 0 Å². The monoisotopic (exact) mass is 546 g/mol. The van der Waals surface area contributed by atoms with Crippen molar-refractivity contribution in [2.45, 2.75) is 20.0 Å². The first-order valence-corrected chi connectivity index (χ1v) is 11.2. The molecule has 0 aromatic heterocycles. The number of hydrogen-bond acceptors (Lipinski definition) is 4. The Morgan fingerprint density at radius 2 is 1.73 bits per heavy atom. The molecule has 0 bridgehead atoms. The standard InChI is InChI=1S/C21H30N4O3S.HI/c1-4-22-21(25(2)17-19-10-12-20(28-3)13-11-19)23-14-15-29(26,27)24-16-18-8-6-5-7-9-18;/h5-13,24H,4,14-17H2,1-3H3,(H,22,23);1H. The minimum absolute atomic E-state index is 0. The Balaban J connectivity index is 0.00000450. The molecule has 0 aliphatic rings. The van der Waals surface area contributed by atoms with E-state index in [1.807, 2.05) is 73.5 Å². The van der Waals surface area contributed by atoms with Gasteiger partial charge in [0, 0.05) is 26.7 Å². The van der Waals surface area contributed by atoms with E-state index in [0.717, 1.165) is 16.9 Å². The number of nitrogens with zero attached hydrogens (tertiary/aromatic N) is 2. The lowest BCUT2D eigenvalue weighted by Crippen LogP contribution is -2.39. The van der Waals surface area contributed by atoms with E-state index in [1.165, 1.54) is 0 Å². The first-order chi connectivity index (χ1) is 13.9. The molecule has 0 fully saturated rings. The second-order valence-corrected chi connectivity index (χ2v) is 8.49. The molecule has 0 unspecified atom stereocenters. The predicted octanol–water partition coefficient (Wildman–Crippen LogP) is 2.83. The molecule has 2 N–H and O–H groups in total. The third-order valence-electron chi connectivity index (χ3n) is 4.24. The maximum atomic E-state index is 12.2. The van der Waals surface area contributed by atoms with E-state index < -0.39 is 10.0 Å². The molecule has 0 saturated carbocycles. The van der Waals surface area contributed by atoms with Gasteiger partial charge in [0.05, 0.1) is 19.4 Å². The first-order valence-electron chi connectivity index (χ1n) is 9.57. The van der Waals surface area contributed by atoms with Crippen LogP contribution in [0.1, 0.15) is 18.1 Å². The molecule has 0 amide bonds. The highest BCUT2D eigenvalue weighted by Crippen LogP contribution is 2.12. The zero-order valence-corrected chi connectivity index (χ0v) is 20.8. The number of methoxy groups -OCH3 is 1. The van der Waals surface area contributed by atoms with Crippen LogP contribution in [0.4, 0.5) is 0 Å². The Morgan fingerprint density at radius 3 is 2.33 bits per heavy atom. The van der Waals surface area contributed by atoms with Crippen LogP contribution in [0.25, 0.3) is 0 Å². The van der Waals surface area contributed by atoms with E-state index in [4.69, 9.17) is 4.74 Å². The average Bonchev–Trinajstić information content (AvgIpc) is 2.73. The summed E-state index contributed by atoms with van der Waals surface area (Å²) in [6.45, 7) is 3.79. The number of sulfonamides is 1. The lowest BCUT2D eigenvalue weighted by Gasteiger charge is -2.22. The van der Waals surface area contributed by atoms with Gasteiger partial charge in [0.1, 0.15) is 5.75 Å². The van der Waals surface area contributed by atoms with Crippen LogP contribution in [-0.2, 0) is 23.1 Å². The summed E-state index contributed by atoms with van der Waals surface area (Å²) in [6.07, 6.45) is 0. The van der Waals surface area contributed by atoms with E-state index in [-0.39, 0.29) is 42.8 Å². The van der Waals surface area contributed by atoms with E-state index in [0.29, 0.717) is 19.0 Å². The third-order valence-corrected chi connectivity index (χ3v) is 5.54. The van der Waals surface area contributed by atoms with Gasteiger partial charge in [0.25, 0.3) is 0 Å². The maximum absolute atomic E-state index is 12.2. The Bertz CT molecular complexity index is 875. The Kier molecular flexibility index (Phi) is 11.7. The number of hydrogen-bond donors (Lipinski definition) is 2. The average molecular weight is 546 g/mol. The Labute approximate surface area is 197 Å². The van der Waals surface area contributed by atoms with Gasteiger partial charge in [-0.3, -0.25) is 4.99 Å². The van der Waals surface area contributed by atoms with Gasteiger partial charge < -0.3 is 15.0 Å². The molecule has 0 spiro atoms. The van der Waals surface area contributed by atoms with Crippen molar-refractivity contribution in [3.63, 3.8) is 0 Å². The molecule has 0 radical (unpaired) electrons. The molecule has 2 aromatic rings. The van der Waals surface area contributed by atoms with Crippen molar-refractivity contribution in [3.8, 4) is 5.75 Å². The second-order valence-electron chi connectivity index (χ2n) is 6.57. The summed E-state index contributed by atoms with van der Waals surface area (Å²) < 4.78 is 32.3. The van der Waals surface area contributed by atoms with Crippen molar-refractivity contribution in [1.82, 2.24) is 14.9 Å². The summed E-state index contributed by atoms with van der Waals surface area (Å²) in [5, 5.41) is 3.21. The summed E-state index contributed by atoms with van der Waals surface area (Å²) in [7, 11) is 0.163. The Morgan fingerprint density at radius 1 is 1.07 bits per heavy atom. The van der Waals surface area contributed by atoms with Gasteiger partial charge >= 0.3 is 0 Å². The van der Waals surface area contributed by atoms with Crippen molar-refractivity contribution in [2.24, 2.45) is 4.99 Å². The Hall–Kier alpha value is -1.85. The summed E-state index contributed by atoms with van der Waals surface area (Å²) in [5.41, 5.74) is 2.03. The lowest BCUT2D eigenvalue weighted by atomic mass is 10.2. The van der Waals surface area contributed by atoms with Crippen molar-refractivity contribution < 1.29 is 13.2 Å². The van der Waals surface area contributed by atoms with E-state index in [2.05, 4.69) is 15.0 Å². The summed E-state index contributed by atoms with van der Waals surface area (Å²) in [6, 6.07) is 17.3. The van der Waals surface area contributed by atoms with Gasteiger partial charge in [-0.25, -0.2) is 13.1 Å². The minimum Gasteiger partial charge on any atom is -0.497 e. The highest BCUT2D eigenvalue weighted by atomic mass is 127. The number of ether oxygens (including phenoxy) is 1. The molecule has 0 saturated heterocycles. The topological polar surface area (TPSA) is 83.0 Å². The highest BCUT2D eigenvalue weighted by molar-refractivity contribution is 14.0. The highest BCUT2D eigenvalue weighted by Gasteiger charge is 2.11. The number of nitrogens with one attached hydrogen (secondary N) is 2. The van der Waals surface area contributed by atoms with Crippen LogP contribution in [0.15, 0.2) is 59.6 Å². The lowest BCUT2D eigenvalue weighted by molar-refractivity contribution is 0.414. The third kappa shape index (κ3) is 9.31. The normalized spacial score (nSPS) is 11.5. The second kappa shape index (κ2) is 13.5. The van der Waals surface area contributed by atoms with Crippen LogP contribution < -0.4 is 14.8 Å². The van der Waals surface area contributed by atoms with Crippen LogP contribution in [0, 0.1) is 0 Å². The number of guanidine groups is 1. The number of halogens is 1. The van der Waals surface area contributed by atoms with E-state index >= 15 is 0 Å². The number of benzene rings is 2. The van der Waals surface area contributed by atoms with Gasteiger partial charge in [0.2, 0.25) is 10.0 Å². The molecule has 7 nitrogen and oxygen atoms in total. The first kappa shape index (κ1) is 26.2. The van der Waals surface area contributed by atoms with E-state index in [1.54, 1.807) is 7.11 Å². The SMILES string of the molecule is CCNC(=NCCS(=O)(=O)NCc1ccccc1)N(C)Cc1ccc(OC)cc1.I. The molecule has 30 heavy (non-hydrogen) atoms. The fraction of sp³-hybridized carbons (Fsp3) is 0.381. The van der Waals surface area contributed by atoms with Crippen molar-refractivity contribution in [3.05, 3.63) is 65.7 Å². The number of aliphatic imine (C=N–C) groups is 1. The van der Waals surface area contributed by atoms with Gasteiger partial charge in [-0.15, -0.1) is 24.0 Å². The molecular formula is C21H31IN4O3S. The van der Waals surface area contributed by atoms with Gasteiger partial charge in [-0.2, -0.15) is 0 Å². The van der Waals surface area contributed by atoms with Crippen LogP contribution in [0.5, 0.6) is 5.75 Å². The van der Waals surface area contributed by atoms with Gasteiger partial charge in [-0.1, -0.05) is 42.5 Å². The fourth-order valence-electron chi connectivity index (χ4n) is 2.68. The quantitative estimate of drug-likeness (QED) is 0.272. The van der Waals surface area contributed by atoms with Crippen LogP contribution >= 0.6 is 24.0 Å². The van der Waals surface area contributed by atoms with Crippen LogP contribution in [-0.4, -0.2) is 52.3 Å². The molecule has 0 aliphatic carbocycles. The number of rotatable bonds is 10. The molecule has 2 rings (SSSR count). The zero-order valence-electron chi connectivity index (χ0n) is 17.7. The van der Waals surface area contributed by atoms with E-state index in [9.17, 15) is 8.42 Å². The molecule has 0 atom stereocenters. The maximum Gasteiger partial charge on any atom is 0.213 e. The largest absolute Gasteiger partial charge is 0.497 e. The predicted molar refractivity (Wildman–Crippen MR) is 133 cm³/mol. The van der Waals surface area contributed by atoms with Gasteiger partial charge in [-0.05, 0) is 30.2 Å². The molecule has 166 valence electrons. The fourth-order valence-corrected chi connectivity index (χ4v) is 3.54. The minimum atomic E-state index is -3.40. The van der Waals surface area contributed by atoms with Crippen molar-refractivity contribution >= 4 is 40.0 Å². The van der Waals surface area contributed by atoms with Crippen LogP contribution in [0.2, 0.25) is 0 Å². The summed E-state index contributed by atoms with van der Waals surface area (Å²) >= 11 is 0. The van der Waals surface area contributed by atoms with Gasteiger partial charge in [0.15, 0.2) is 5.96 Å².